The van der Waals surface area contributed by atoms with E-state index >= 15 is 0 Å². The van der Waals surface area contributed by atoms with Crippen molar-refractivity contribution < 1.29 is 9.53 Å². The summed E-state index contributed by atoms with van der Waals surface area (Å²) in [5.41, 5.74) is 8.31. The minimum Gasteiger partial charge on any atom is -0.497 e. The van der Waals surface area contributed by atoms with Crippen LogP contribution >= 0.6 is 0 Å². The van der Waals surface area contributed by atoms with Gasteiger partial charge in [-0.2, -0.15) is 0 Å². The molecule has 4 nitrogen and oxygen atoms in total. The maximum Gasteiger partial charge on any atom is 0.251 e. The van der Waals surface area contributed by atoms with Gasteiger partial charge in [-0.15, -0.1) is 0 Å². The van der Waals surface area contributed by atoms with Crippen LogP contribution in [0.3, 0.4) is 0 Å². The van der Waals surface area contributed by atoms with Crippen LogP contribution in [0.2, 0.25) is 0 Å². The van der Waals surface area contributed by atoms with E-state index in [-0.39, 0.29) is 0 Å². The van der Waals surface area contributed by atoms with Crippen LogP contribution < -0.4 is 10.5 Å². The zero-order valence-corrected chi connectivity index (χ0v) is 10.1. The van der Waals surface area contributed by atoms with E-state index in [0.717, 1.165) is 16.6 Å². The number of ether oxygens (including phenoxy) is 1. The van der Waals surface area contributed by atoms with Crippen molar-refractivity contribution >= 4 is 16.8 Å². The Morgan fingerprint density at radius 2 is 2.00 bits per heavy atom. The van der Waals surface area contributed by atoms with Crippen LogP contribution in [0.1, 0.15) is 21.6 Å². The number of carbonyl (C=O) groups excluding carboxylic acids is 1. The summed E-state index contributed by atoms with van der Waals surface area (Å²) in [5, 5.41) is 0.892. The highest BCUT2D eigenvalue weighted by Gasteiger charge is 2.12. The van der Waals surface area contributed by atoms with Crippen molar-refractivity contribution in [3.63, 3.8) is 0 Å². The lowest BCUT2D eigenvalue weighted by molar-refractivity contribution is 0.100. The van der Waals surface area contributed by atoms with E-state index in [1.807, 2.05) is 26.0 Å². The van der Waals surface area contributed by atoms with Crippen LogP contribution in [0.5, 0.6) is 5.75 Å². The number of primary amides is 1. The highest BCUT2D eigenvalue weighted by Crippen LogP contribution is 2.26. The van der Waals surface area contributed by atoms with Crippen molar-refractivity contribution in [2.75, 3.05) is 7.11 Å². The van der Waals surface area contributed by atoms with Crippen molar-refractivity contribution in [1.29, 1.82) is 0 Å². The first-order valence-electron chi connectivity index (χ1n) is 5.28. The Balaban J connectivity index is 2.90. The number of fused-ring (bicyclic) bond motifs is 1. The summed E-state index contributed by atoms with van der Waals surface area (Å²) in [4.78, 5) is 15.8. The number of hydrogen-bond donors (Lipinski definition) is 1. The first-order valence-corrected chi connectivity index (χ1v) is 5.28. The number of methoxy groups -OCH3 is 1. The molecule has 0 aliphatic heterocycles. The zero-order valence-electron chi connectivity index (χ0n) is 10.1. The van der Waals surface area contributed by atoms with Crippen LogP contribution in [0.15, 0.2) is 18.2 Å². The van der Waals surface area contributed by atoms with Crippen LogP contribution in [-0.2, 0) is 0 Å². The Bertz CT molecular complexity index is 606. The number of pyridine rings is 1. The molecule has 88 valence electrons. The highest BCUT2D eigenvalue weighted by molar-refractivity contribution is 6.06. The SMILES string of the molecule is COc1cc(C(N)=O)c2nc(C)cc(C)c2c1. The van der Waals surface area contributed by atoms with Crippen LogP contribution in [-0.4, -0.2) is 18.0 Å². The number of hydrogen-bond acceptors (Lipinski definition) is 3. The number of nitrogens with zero attached hydrogens (tertiary/aromatic N) is 1. The second-order valence-electron chi connectivity index (χ2n) is 4.02. The molecule has 0 radical (unpaired) electrons. The van der Waals surface area contributed by atoms with Crippen molar-refractivity contribution in [3.8, 4) is 5.75 Å². The van der Waals surface area contributed by atoms with Crippen molar-refractivity contribution in [2.45, 2.75) is 13.8 Å². The van der Waals surface area contributed by atoms with Gasteiger partial charge in [0.15, 0.2) is 0 Å². The van der Waals surface area contributed by atoms with E-state index in [9.17, 15) is 4.79 Å². The monoisotopic (exact) mass is 230 g/mol. The average molecular weight is 230 g/mol. The molecule has 2 rings (SSSR count). The van der Waals surface area contributed by atoms with E-state index in [4.69, 9.17) is 10.5 Å². The summed E-state index contributed by atoms with van der Waals surface area (Å²) in [5.74, 6) is 0.117. The first-order chi connectivity index (χ1) is 8.02. The van der Waals surface area contributed by atoms with Gasteiger partial charge in [0.1, 0.15) is 5.75 Å². The molecule has 0 unspecified atom stereocenters. The zero-order chi connectivity index (χ0) is 12.6. The fourth-order valence-electron chi connectivity index (χ4n) is 1.93. The third kappa shape index (κ3) is 1.93. The highest BCUT2D eigenvalue weighted by atomic mass is 16.5. The van der Waals surface area contributed by atoms with Gasteiger partial charge in [0, 0.05) is 11.1 Å². The molecule has 17 heavy (non-hydrogen) atoms. The third-order valence-electron chi connectivity index (χ3n) is 2.72. The normalized spacial score (nSPS) is 10.5. The fourth-order valence-corrected chi connectivity index (χ4v) is 1.93. The summed E-state index contributed by atoms with van der Waals surface area (Å²) >= 11 is 0. The molecule has 2 aromatic rings. The van der Waals surface area contributed by atoms with E-state index in [0.29, 0.717) is 16.8 Å². The molecule has 0 saturated heterocycles. The summed E-state index contributed by atoms with van der Waals surface area (Å²) in [6.07, 6.45) is 0. The molecule has 0 aliphatic rings. The van der Waals surface area contributed by atoms with Gasteiger partial charge in [0.05, 0.1) is 18.2 Å². The number of amides is 1. The second-order valence-corrected chi connectivity index (χ2v) is 4.02. The van der Waals surface area contributed by atoms with Gasteiger partial charge in [-0.1, -0.05) is 0 Å². The molecule has 1 aromatic carbocycles. The minimum absolute atomic E-state index is 0.395. The molecular weight excluding hydrogens is 216 g/mol. The Labute approximate surface area is 99.4 Å². The largest absolute Gasteiger partial charge is 0.497 e. The lowest BCUT2D eigenvalue weighted by Gasteiger charge is -2.09. The van der Waals surface area contributed by atoms with Gasteiger partial charge < -0.3 is 10.5 Å². The fraction of sp³-hybridized carbons (Fsp3) is 0.231. The molecule has 1 aromatic heterocycles. The molecule has 0 spiro atoms. The third-order valence-corrected chi connectivity index (χ3v) is 2.72. The maximum atomic E-state index is 11.4. The summed E-state index contributed by atoms with van der Waals surface area (Å²) < 4.78 is 5.16. The predicted molar refractivity (Wildman–Crippen MR) is 66.3 cm³/mol. The van der Waals surface area contributed by atoms with E-state index < -0.39 is 5.91 Å². The molecule has 2 N–H and O–H groups in total. The van der Waals surface area contributed by atoms with Crippen LogP contribution in [0.25, 0.3) is 10.9 Å². The van der Waals surface area contributed by atoms with Crippen molar-refractivity contribution in [1.82, 2.24) is 4.98 Å². The number of aryl methyl sites for hydroxylation is 2. The van der Waals surface area contributed by atoms with Crippen LogP contribution in [0.4, 0.5) is 0 Å². The number of rotatable bonds is 2. The van der Waals surface area contributed by atoms with Gasteiger partial charge in [-0.3, -0.25) is 9.78 Å². The molecule has 0 fully saturated rings. The molecular formula is C13H14N2O2. The van der Waals surface area contributed by atoms with E-state index in [1.165, 1.54) is 0 Å². The number of aromatic nitrogens is 1. The maximum absolute atomic E-state index is 11.4. The summed E-state index contributed by atoms with van der Waals surface area (Å²) in [6, 6.07) is 5.45. The smallest absolute Gasteiger partial charge is 0.251 e. The topological polar surface area (TPSA) is 65.2 Å². The first kappa shape index (κ1) is 11.4. The van der Waals surface area contributed by atoms with Crippen molar-refractivity contribution in [3.05, 3.63) is 35.0 Å². The lowest BCUT2D eigenvalue weighted by atomic mass is 10.0. The van der Waals surface area contributed by atoms with Gasteiger partial charge in [-0.05, 0) is 37.6 Å². The standard InChI is InChI=1S/C13H14N2O2/c1-7-4-8(2)15-12-10(7)5-9(17-3)6-11(12)13(14)16/h4-6H,1-3H3,(H2,14,16). The quantitative estimate of drug-likeness (QED) is 0.857. The van der Waals surface area contributed by atoms with Gasteiger partial charge in [0.25, 0.3) is 5.91 Å². The number of carbonyl (C=O) groups is 1. The Hall–Kier alpha value is -2.10. The average Bonchev–Trinajstić information content (AvgIpc) is 2.27. The number of nitrogens with two attached hydrogens (primary N) is 1. The summed E-state index contributed by atoms with van der Waals surface area (Å²) in [6.45, 7) is 3.86. The molecule has 1 heterocycles. The van der Waals surface area contributed by atoms with E-state index in [2.05, 4.69) is 4.98 Å². The molecule has 0 atom stereocenters. The Kier molecular flexibility index (Phi) is 2.71. The molecule has 4 heteroatoms. The number of benzene rings is 1. The van der Waals surface area contributed by atoms with Crippen molar-refractivity contribution in [2.24, 2.45) is 5.73 Å². The lowest BCUT2D eigenvalue weighted by Crippen LogP contribution is -2.12. The van der Waals surface area contributed by atoms with E-state index in [1.54, 1.807) is 13.2 Å². The predicted octanol–water partition coefficient (Wildman–Crippen LogP) is 1.96. The Morgan fingerprint density at radius 3 is 2.59 bits per heavy atom. The molecule has 0 aliphatic carbocycles. The molecule has 0 bridgehead atoms. The summed E-state index contributed by atoms with van der Waals surface area (Å²) in [7, 11) is 1.56. The molecule has 0 saturated carbocycles. The van der Waals surface area contributed by atoms with Crippen LogP contribution in [0, 0.1) is 13.8 Å². The second kappa shape index (κ2) is 4.05. The van der Waals surface area contributed by atoms with Gasteiger partial charge in [0.2, 0.25) is 0 Å². The molecule has 1 amide bonds. The van der Waals surface area contributed by atoms with Gasteiger partial charge in [-0.25, -0.2) is 0 Å². The minimum atomic E-state index is -0.494. The Morgan fingerprint density at radius 1 is 1.29 bits per heavy atom. The van der Waals surface area contributed by atoms with Gasteiger partial charge >= 0.3 is 0 Å².